The molecule has 0 aromatic heterocycles. The Hall–Kier alpha value is -2.96. The van der Waals surface area contributed by atoms with Crippen molar-refractivity contribution < 1.29 is 13.2 Å². The second-order valence-corrected chi connectivity index (χ2v) is 7.93. The lowest BCUT2D eigenvalue weighted by atomic mass is 10.1. The van der Waals surface area contributed by atoms with E-state index in [2.05, 4.69) is 10.0 Å². The van der Waals surface area contributed by atoms with Gasteiger partial charge in [-0.25, -0.2) is 13.1 Å². The average molecular weight is 380 g/mol. The van der Waals surface area contributed by atoms with E-state index in [1.165, 1.54) is 12.1 Å². The highest BCUT2D eigenvalue weighted by atomic mass is 32.2. The van der Waals surface area contributed by atoms with Crippen molar-refractivity contribution in [2.24, 2.45) is 0 Å². The van der Waals surface area contributed by atoms with Crippen molar-refractivity contribution >= 4 is 21.6 Å². The molecule has 0 heterocycles. The van der Waals surface area contributed by atoms with Gasteiger partial charge in [0.15, 0.2) is 0 Å². The molecule has 0 fully saturated rings. The van der Waals surface area contributed by atoms with Crippen LogP contribution in [-0.4, -0.2) is 14.3 Å². The summed E-state index contributed by atoms with van der Waals surface area (Å²) in [6, 6.07) is 22.6. The molecule has 0 aliphatic carbocycles. The van der Waals surface area contributed by atoms with Gasteiger partial charge in [0.05, 0.1) is 4.90 Å². The fourth-order valence-corrected chi connectivity index (χ4v) is 3.58. The van der Waals surface area contributed by atoms with Crippen LogP contribution in [0.3, 0.4) is 0 Å². The molecule has 0 spiro atoms. The van der Waals surface area contributed by atoms with Crippen molar-refractivity contribution in [3.05, 3.63) is 95.6 Å². The molecule has 3 aromatic rings. The molecule has 1 amide bonds. The van der Waals surface area contributed by atoms with Gasteiger partial charge in [0.2, 0.25) is 10.0 Å². The van der Waals surface area contributed by atoms with E-state index < -0.39 is 10.0 Å². The van der Waals surface area contributed by atoms with E-state index in [9.17, 15) is 13.2 Å². The van der Waals surface area contributed by atoms with Crippen molar-refractivity contribution in [3.8, 4) is 0 Å². The molecular formula is C21H20N2O3S. The minimum Gasteiger partial charge on any atom is -0.322 e. The number of hydrogen-bond donors (Lipinski definition) is 2. The zero-order valence-corrected chi connectivity index (χ0v) is 15.7. The van der Waals surface area contributed by atoms with Crippen LogP contribution in [0.15, 0.2) is 83.8 Å². The standard InChI is InChI=1S/C21H20N2O3S/c1-16-6-5-9-18(14-16)21(24)23-19-10-12-20(13-11-19)27(25,26)22-15-17-7-3-2-4-8-17/h2-14,22H,15H2,1H3,(H,23,24). The smallest absolute Gasteiger partial charge is 0.255 e. The Kier molecular flexibility index (Phi) is 5.69. The van der Waals surface area contributed by atoms with Crippen molar-refractivity contribution in [1.82, 2.24) is 4.72 Å². The van der Waals surface area contributed by atoms with Gasteiger partial charge >= 0.3 is 0 Å². The summed E-state index contributed by atoms with van der Waals surface area (Å²) in [5, 5.41) is 2.77. The number of aryl methyl sites for hydroxylation is 1. The van der Waals surface area contributed by atoms with E-state index in [0.717, 1.165) is 11.1 Å². The highest BCUT2D eigenvalue weighted by Crippen LogP contribution is 2.16. The SMILES string of the molecule is Cc1cccc(C(=O)Nc2ccc(S(=O)(=O)NCc3ccccc3)cc2)c1. The second-order valence-electron chi connectivity index (χ2n) is 6.16. The predicted octanol–water partition coefficient (Wildman–Crippen LogP) is 3.73. The Balaban J connectivity index is 1.66. The minimum absolute atomic E-state index is 0.145. The van der Waals surface area contributed by atoms with Crippen LogP contribution >= 0.6 is 0 Å². The van der Waals surface area contributed by atoms with Crippen LogP contribution in [0.25, 0.3) is 0 Å². The van der Waals surface area contributed by atoms with Crippen LogP contribution in [0.2, 0.25) is 0 Å². The van der Waals surface area contributed by atoms with Crippen LogP contribution < -0.4 is 10.0 Å². The molecule has 0 radical (unpaired) electrons. The molecule has 0 saturated heterocycles. The zero-order valence-electron chi connectivity index (χ0n) is 14.8. The topological polar surface area (TPSA) is 75.3 Å². The van der Waals surface area contributed by atoms with Gasteiger partial charge < -0.3 is 5.32 Å². The van der Waals surface area contributed by atoms with Crippen molar-refractivity contribution in [1.29, 1.82) is 0 Å². The molecule has 3 rings (SSSR count). The number of benzene rings is 3. The fourth-order valence-electron chi connectivity index (χ4n) is 2.56. The van der Waals surface area contributed by atoms with E-state index in [4.69, 9.17) is 0 Å². The van der Waals surface area contributed by atoms with Crippen LogP contribution in [0, 0.1) is 6.92 Å². The zero-order chi connectivity index (χ0) is 19.3. The van der Waals surface area contributed by atoms with E-state index in [-0.39, 0.29) is 17.3 Å². The van der Waals surface area contributed by atoms with Gasteiger partial charge in [-0.1, -0.05) is 48.0 Å². The number of carbonyl (C=O) groups is 1. The third-order valence-corrected chi connectivity index (χ3v) is 5.43. The lowest BCUT2D eigenvalue weighted by Gasteiger charge is -2.09. The third kappa shape index (κ3) is 5.03. The summed E-state index contributed by atoms with van der Waals surface area (Å²) in [6.45, 7) is 2.13. The molecule has 138 valence electrons. The van der Waals surface area contributed by atoms with Gasteiger partial charge in [-0.05, 0) is 48.9 Å². The highest BCUT2D eigenvalue weighted by Gasteiger charge is 2.14. The lowest BCUT2D eigenvalue weighted by Crippen LogP contribution is -2.23. The number of rotatable bonds is 6. The molecule has 27 heavy (non-hydrogen) atoms. The largest absolute Gasteiger partial charge is 0.322 e. The number of sulfonamides is 1. The molecular weight excluding hydrogens is 360 g/mol. The minimum atomic E-state index is -3.62. The van der Waals surface area contributed by atoms with E-state index in [1.54, 1.807) is 24.3 Å². The summed E-state index contributed by atoms with van der Waals surface area (Å²) in [6.07, 6.45) is 0. The predicted molar refractivity (Wildman–Crippen MR) is 106 cm³/mol. The molecule has 6 heteroatoms. The van der Waals surface area contributed by atoms with Gasteiger partial charge in [-0.3, -0.25) is 4.79 Å². The Morgan fingerprint density at radius 3 is 2.26 bits per heavy atom. The molecule has 0 unspecified atom stereocenters. The Bertz CT molecular complexity index is 1030. The normalized spacial score (nSPS) is 11.1. The molecule has 0 atom stereocenters. The summed E-state index contributed by atoms with van der Waals surface area (Å²) >= 11 is 0. The lowest BCUT2D eigenvalue weighted by molar-refractivity contribution is 0.102. The second kappa shape index (κ2) is 8.16. The van der Waals surface area contributed by atoms with Crippen LogP contribution in [0.4, 0.5) is 5.69 Å². The summed E-state index contributed by atoms with van der Waals surface area (Å²) in [5.74, 6) is -0.239. The fraction of sp³-hybridized carbons (Fsp3) is 0.0952. The van der Waals surface area contributed by atoms with Crippen molar-refractivity contribution in [2.75, 3.05) is 5.32 Å². The van der Waals surface area contributed by atoms with Crippen LogP contribution in [-0.2, 0) is 16.6 Å². The third-order valence-electron chi connectivity index (χ3n) is 4.01. The number of anilines is 1. The molecule has 0 saturated carbocycles. The first-order valence-corrected chi connectivity index (χ1v) is 9.94. The van der Waals surface area contributed by atoms with Gasteiger partial charge in [-0.15, -0.1) is 0 Å². The van der Waals surface area contributed by atoms with Crippen molar-refractivity contribution in [3.63, 3.8) is 0 Å². The van der Waals surface area contributed by atoms with E-state index >= 15 is 0 Å². The summed E-state index contributed by atoms with van der Waals surface area (Å²) < 4.78 is 27.4. The molecule has 0 aliphatic rings. The monoisotopic (exact) mass is 380 g/mol. The Labute approximate surface area is 159 Å². The molecule has 3 aromatic carbocycles. The maximum absolute atomic E-state index is 12.4. The average Bonchev–Trinajstić information content (AvgIpc) is 2.68. The number of hydrogen-bond acceptors (Lipinski definition) is 3. The highest BCUT2D eigenvalue weighted by molar-refractivity contribution is 7.89. The Morgan fingerprint density at radius 1 is 0.889 bits per heavy atom. The van der Waals surface area contributed by atoms with Crippen LogP contribution in [0.1, 0.15) is 21.5 Å². The maximum Gasteiger partial charge on any atom is 0.255 e. The first kappa shape index (κ1) is 18.8. The summed E-state index contributed by atoms with van der Waals surface area (Å²) in [5.41, 5.74) is 2.96. The summed E-state index contributed by atoms with van der Waals surface area (Å²) in [4.78, 5) is 12.4. The van der Waals surface area contributed by atoms with Crippen molar-refractivity contribution in [2.45, 2.75) is 18.4 Å². The molecule has 0 aliphatic heterocycles. The van der Waals surface area contributed by atoms with E-state index in [1.807, 2.05) is 49.4 Å². The molecule has 2 N–H and O–H groups in total. The molecule has 0 bridgehead atoms. The van der Waals surface area contributed by atoms with Gasteiger partial charge in [0.25, 0.3) is 5.91 Å². The Morgan fingerprint density at radius 2 is 1.59 bits per heavy atom. The summed E-state index contributed by atoms with van der Waals surface area (Å²) in [7, 11) is -3.62. The number of amides is 1. The quantitative estimate of drug-likeness (QED) is 0.684. The van der Waals surface area contributed by atoms with Gasteiger partial charge in [0.1, 0.15) is 0 Å². The first-order chi connectivity index (χ1) is 12.9. The maximum atomic E-state index is 12.4. The van der Waals surface area contributed by atoms with E-state index in [0.29, 0.717) is 11.3 Å². The van der Waals surface area contributed by atoms with Gasteiger partial charge in [-0.2, -0.15) is 0 Å². The van der Waals surface area contributed by atoms with Gasteiger partial charge in [0, 0.05) is 17.8 Å². The number of carbonyl (C=O) groups excluding carboxylic acids is 1. The first-order valence-electron chi connectivity index (χ1n) is 8.46. The van der Waals surface area contributed by atoms with Crippen LogP contribution in [0.5, 0.6) is 0 Å². The molecule has 5 nitrogen and oxygen atoms in total. The number of nitrogens with one attached hydrogen (secondary N) is 2.